The number of para-hydroxylation sites is 1. The van der Waals surface area contributed by atoms with Gasteiger partial charge in [0.25, 0.3) is 0 Å². The number of aromatic nitrogens is 1. The average molecular weight is 344 g/mol. The molecule has 2 aromatic rings. The second-order valence-electron chi connectivity index (χ2n) is 7.35. The summed E-state index contributed by atoms with van der Waals surface area (Å²) in [6.07, 6.45) is 7.22. The van der Waals surface area contributed by atoms with Gasteiger partial charge in [-0.1, -0.05) is 24.6 Å². The van der Waals surface area contributed by atoms with Crippen molar-refractivity contribution in [2.75, 3.05) is 13.7 Å². The van der Waals surface area contributed by atoms with Crippen molar-refractivity contribution in [3.05, 3.63) is 36.0 Å². The molecule has 0 N–H and O–H groups in total. The Labute approximate surface area is 147 Å². The molecule has 0 aliphatic carbocycles. The van der Waals surface area contributed by atoms with Gasteiger partial charge in [-0.25, -0.2) is 9.18 Å². The molecule has 0 spiro atoms. The lowest BCUT2D eigenvalue weighted by Gasteiger charge is -2.46. The van der Waals surface area contributed by atoms with E-state index in [4.69, 9.17) is 4.74 Å². The van der Waals surface area contributed by atoms with E-state index in [1.807, 2.05) is 24.3 Å². The summed E-state index contributed by atoms with van der Waals surface area (Å²) in [5.41, 5.74) is 1.43. The lowest BCUT2D eigenvalue weighted by molar-refractivity contribution is -0.0317. The summed E-state index contributed by atoms with van der Waals surface area (Å²) in [4.78, 5) is 15.3. The molecule has 2 aliphatic heterocycles. The van der Waals surface area contributed by atoms with Crippen LogP contribution in [0.1, 0.15) is 42.5 Å². The van der Waals surface area contributed by atoms with Crippen molar-refractivity contribution in [3.8, 4) is 0 Å². The van der Waals surface area contributed by atoms with Crippen molar-refractivity contribution < 1.29 is 13.9 Å². The molecule has 0 unspecified atom stereocenters. The third kappa shape index (κ3) is 3.06. The highest BCUT2D eigenvalue weighted by Gasteiger charge is 2.37. The molecule has 4 rings (SSSR count). The Kier molecular flexibility index (Phi) is 4.50. The summed E-state index contributed by atoms with van der Waals surface area (Å²) in [5.74, 6) is -0.276. The van der Waals surface area contributed by atoms with Gasteiger partial charge < -0.3 is 14.2 Å². The van der Waals surface area contributed by atoms with Crippen molar-refractivity contribution in [1.82, 2.24) is 9.47 Å². The summed E-state index contributed by atoms with van der Waals surface area (Å²) in [6.45, 7) is -0.197. The molecule has 0 amide bonds. The quantitative estimate of drug-likeness (QED) is 0.792. The lowest BCUT2D eigenvalue weighted by Crippen LogP contribution is -2.52. The van der Waals surface area contributed by atoms with E-state index in [9.17, 15) is 9.18 Å². The summed E-state index contributed by atoms with van der Waals surface area (Å²) >= 11 is 0. The van der Waals surface area contributed by atoms with Gasteiger partial charge in [0.2, 0.25) is 0 Å². The van der Waals surface area contributed by atoms with Crippen LogP contribution in [0.2, 0.25) is 0 Å². The van der Waals surface area contributed by atoms with Crippen LogP contribution in [0.4, 0.5) is 4.39 Å². The molecule has 5 heteroatoms. The van der Waals surface area contributed by atoms with Crippen LogP contribution in [-0.2, 0) is 11.3 Å². The minimum Gasteiger partial charge on any atom is -0.459 e. The van der Waals surface area contributed by atoms with E-state index >= 15 is 0 Å². The second kappa shape index (κ2) is 6.79. The van der Waals surface area contributed by atoms with Crippen molar-refractivity contribution in [2.45, 2.75) is 56.8 Å². The van der Waals surface area contributed by atoms with Gasteiger partial charge in [0.05, 0.1) is 12.1 Å². The second-order valence-corrected chi connectivity index (χ2v) is 7.35. The van der Waals surface area contributed by atoms with Crippen molar-refractivity contribution in [2.24, 2.45) is 0 Å². The summed E-state index contributed by atoms with van der Waals surface area (Å²) in [6, 6.07) is 8.69. The van der Waals surface area contributed by atoms with E-state index in [0.29, 0.717) is 17.6 Å². The highest BCUT2D eigenvalue weighted by molar-refractivity contribution is 6.04. The summed E-state index contributed by atoms with van der Waals surface area (Å²) < 4.78 is 20.5. The molecule has 3 atom stereocenters. The van der Waals surface area contributed by atoms with E-state index in [2.05, 4.69) is 11.9 Å². The number of hydrogen-bond donors (Lipinski definition) is 0. The third-order valence-corrected chi connectivity index (χ3v) is 5.90. The number of nitrogens with zero attached hydrogens (tertiary/aromatic N) is 2. The van der Waals surface area contributed by atoms with Gasteiger partial charge in [0.1, 0.15) is 12.8 Å². The van der Waals surface area contributed by atoms with Crippen molar-refractivity contribution in [3.63, 3.8) is 0 Å². The first-order chi connectivity index (χ1) is 12.2. The zero-order chi connectivity index (χ0) is 17.4. The Hall–Kier alpha value is -1.88. The maximum atomic E-state index is 12.8. The number of alkyl halides is 1. The predicted molar refractivity (Wildman–Crippen MR) is 95.5 cm³/mol. The number of benzene rings is 1. The minimum atomic E-state index is -0.453. The van der Waals surface area contributed by atoms with Crippen LogP contribution in [-0.4, -0.2) is 47.3 Å². The van der Waals surface area contributed by atoms with Gasteiger partial charge in [-0.05, 0) is 26.0 Å². The highest BCUT2D eigenvalue weighted by atomic mass is 19.1. The fourth-order valence-corrected chi connectivity index (χ4v) is 4.56. The van der Waals surface area contributed by atoms with Crippen molar-refractivity contribution >= 4 is 16.9 Å². The van der Waals surface area contributed by atoms with E-state index in [-0.39, 0.29) is 18.6 Å². The van der Waals surface area contributed by atoms with Gasteiger partial charge >= 0.3 is 5.97 Å². The zero-order valence-corrected chi connectivity index (χ0v) is 14.7. The van der Waals surface area contributed by atoms with Gasteiger partial charge in [-0.2, -0.15) is 0 Å². The molecule has 25 heavy (non-hydrogen) atoms. The molecule has 2 fully saturated rings. The Morgan fingerprint density at radius 1 is 1.24 bits per heavy atom. The number of esters is 1. The average Bonchev–Trinajstić information content (AvgIpc) is 2.95. The molecule has 1 aromatic carbocycles. The van der Waals surface area contributed by atoms with Gasteiger partial charge in [-0.15, -0.1) is 0 Å². The normalized spacial score (nSPS) is 26.7. The van der Waals surface area contributed by atoms with E-state index in [1.54, 1.807) is 10.8 Å². The molecule has 2 aliphatic rings. The lowest BCUT2D eigenvalue weighted by atomic mass is 9.83. The fraction of sp³-hybridized carbons (Fsp3) is 0.550. The first kappa shape index (κ1) is 16.6. The van der Waals surface area contributed by atoms with Crippen molar-refractivity contribution in [1.29, 1.82) is 0 Å². The van der Waals surface area contributed by atoms with E-state index in [1.165, 1.54) is 19.3 Å². The Balaban J connectivity index is 1.54. The first-order valence-corrected chi connectivity index (χ1v) is 9.24. The topological polar surface area (TPSA) is 34.5 Å². The maximum absolute atomic E-state index is 12.8. The first-order valence-electron chi connectivity index (χ1n) is 9.24. The Bertz CT molecular complexity index is 758. The number of halogens is 1. The molecule has 0 radical (unpaired) electrons. The number of hydrogen-bond acceptors (Lipinski definition) is 3. The molecule has 0 saturated carbocycles. The smallest absolute Gasteiger partial charge is 0.340 e. The molecule has 134 valence electrons. The maximum Gasteiger partial charge on any atom is 0.340 e. The zero-order valence-electron chi connectivity index (χ0n) is 14.7. The fourth-order valence-electron chi connectivity index (χ4n) is 4.56. The van der Waals surface area contributed by atoms with Gasteiger partial charge in [-0.3, -0.25) is 0 Å². The van der Waals surface area contributed by atoms with Crippen LogP contribution in [0, 0.1) is 0 Å². The monoisotopic (exact) mass is 344 g/mol. The summed E-state index contributed by atoms with van der Waals surface area (Å²) in [7, 11) is 2.19. The third-order valence-electron chi connectivity index (χ3n) is 5.90. The molecule has 2 saturated heterocycles. The highest BCUT2D eigenvalue weighted by Crippen LogP contribution is 2.34. The summed E-state index contributed by atoms with van der Waals surface area (Å²) in [5, 5.41) is 0.842. The number of rotatable bonds is 4. The van der Waals surface area contributed by atoms with Gasteiger partial charge in [0.15, 0.2) is 0 Å². The molecule has 4 nitrogen and oxygen atoms in total. The Morgan fingerprint density at radius 3 is 2.68 bits per heavy atom. The van der Waals surface area contributed by atoms with E-state index < -0.39 is 6.67 Å². The van der Waals surface area contributed by atoms with Crippen LogP contribution in [0.5, 0.6) is 0 Å². The number of carbonyl (C=O) groups is 1. The number of carbonyl (C=O) groups excluding carboxylic acids is 1. The largest absolute Gasteiger partial charge is 0.459 e. The molecule has 3 heterocycles. The van der Waals surface area contributed by atoms with Crippen LogP contribution in [0.25, 0.3) is 10.9 Å². The number of fused-ring (bicyclic) bond motifs is 3. The molecular formula is C20H25FN2O2. The van der Waals surface area contributed by atoms with Gasteiger partial charge in [0, 0.05) is 42.0 Å². The van der Waals surface area contributed by atoms with Crippen LogP contribution < -0.4 is 0 Å². The van der Waals surface area contributed by atoms with Crippen LogP contribution in [0.15, 0.2) is 30.5 Å². The number of piperidine rings is 2. The predicted octanol–water partition coefficient (Wildman–Crippen LogP) is 3.78. The van der Waals surface area contributed by atoms with E-state index in [0.717, 1.165) is 23.7 Å². The number of aryl methyl sites for hydroxylation is 1. The molecule has 2 bridgehead atoms. The SMILES string of the molecule is CN1[C@@H]2CCC[C@H]1C[C@@H](OC(=O)c1cn(CCF)c3ccccc13)C2. The van der Waals surface area contributed by atoms with Crippen LogP contribution >= 0.6 is 0 Å². The molecule has 1 aromatic heterocycles. The molecular weight excluding hydrogens is 319 g/mol. The number of ether oxygens (including phenoxy) is 1. The minimum absolute atomic E-state index is 0.0118. The van der Waals surface area contributed by atoms with Crippen LogP contribution in [0.3, 0.4) is 0 Å². The Morgan fingerprint density at radius 2 is 1.96 bits per heavy atom. The standard InChI is InChI=1S/C20H25FN2O2/c1-22-14-5-4-6-15(22)12-16(11-14)25-20(24)18-13-23(10-9-21)19-8-3-2-7-17(18)19/h2-3,7-8,13-16H,4-6,9-12H2,1H3/t14-,15+,16+.